The molecule has 2 atom stereocenters. The van der Waals surface area contributed by atoms with Crippen LogP contribution >= 0.6 is 11.8 Å². The molecule has 0 unspecified atom stereocenters. The number of carbonyl (C=O) groups is 2. The maximum Gasteiger partial charge on any atom is 0.329 e. The van der Waals surface area contributed by atoms with Crippen molar-refractivity contribution in [3.63, 3.8) is 0 Å². The molecule has 98 valence electrons. The lowest BCUT2D eigenvalue weighted by atomic mass is 10.0. The number of thioether (sulfide) groups is 1. The average Bonchev–Trinajstić information content (AvgIpc) is 2.34. The molecule has 0 heterocycles. The van der Waals surface area contributed by atoms with Crippen molar-refractivity contribution in [3.8, 4) is 0 Å². The molecule has 0 spiro atoms. The minimum Gasteiger partial charge on any atom is -0.480 e. The van der Waals surface area contributed by atoms with Crippen LogP contribution in [0.15, 0.2) is 29.2 Å². The van der Waals surface area contributed by atoms with E-state index >= 15 is 0 Å². The molecule has 5 nitrogen and oxygen atoms in total. The third kappa shape index (κ3) is 3.75. The number of aliphatic hydroxyl groups excluding tert-OH is 1. The van der Waals surface area contributed by atoms with E-state index in [4.69, 9.17) is 5.11 Å². The Kier molecular flexibility index (Phi) is 5.18. The zero-order valence-electron chi connectivity index (χ0n) is 10.1. The molecule has 3 N–H and O–H groups in total. The van der Waals surface area contributed by atoms with Crippen LogP contribution in [0, 0.1) is 0 Å². The number of carboxylic acids is 1. The summed E-state index contributed by atoms with van der Waals surface area (Å²) in [6, 6.07) is 5.52. The lowest BCUT2D eigenvalue weighted by molar-refractivity contribution is -0.145. The highest BCUT2D eigenvalue weighted by molar-refractivity contribution is 7.98. The third-order valence-corrected chi connectivity index (χ3v) is 3.14. The lowest BCUT2D eigenvalue weighted by Gasteiger charge is -2.20. The molecule has 1 aromatic carbocycles. The van der Waals surface area contributed by atoms with Gasteiger partial charge in [0.2, 0.25) is 5.91 Å². The minimum atomic E-state index is -1.34. The van der Waals surface area contributed by atoms with Crippen LogP contribution in [0.1, 0.15) is 18.6 Å². The number of carbonyl (C=O) groups excluding carboxylic acids is 1. The summed E-state index contributed by atoms with van der Waals surface area (Å²) in [5, 5.41) is 21.1. The van der Waals surface area contributed by atoms with Crippen LogP contribution in [-0.2, 0) is 9.59 Å². The van der Waals surface area contributed by atoms with Crippen LogP contribution in [-0.4, -0.2) is 34.4 Å². The van der Waals surface area contributed by atoms with Crippen molar-refractivity contribution in [1.29, 1.82) is 0 Å². The Hall–Kier alpha value is -1.53. The van der Waals surface area contributed by atoms with Gasteiger partial charge in [0, 0.05) is 11.8 Å². The Bertz CT molecular complexity index is 432. The first kappa shape index (κ1) is 14.5. The number of amides is 1. The van der Waals surface area contributed by atoms with E-state index in [1.165, 1.54) is 6.92 Å². The predicted molar refractivity (Wildman–Crippen MR) is 68.4 cm³/mol. The normalized spacial score (nSPS) is 13.7. The second-order valence-electron chi connectivity index (χ2n) is 3.73. The Morgan fingerprint density at radius 1 is 1.28 bits per heavy atom. The van der Waals surface area contributed by atoms with Crippen molar-refractivity contribution in [2.75, 3.05) is 6.26 Å². The van der Waals surface area contributed by atoms with Gasteiger partial charge >= 0.3 is 5.97 Å². The molecular weight excluding hydrogens is 254 g/mol. The molecule has 0 aliphatic rings. The Morgan fingerprint density at radius 2 is 1.83 bits per heavy atom. The number of aliphatic carboxylic acids is 1. The van der Waals surface area contributed by atoms with E-state index in [2.05, 4.69) is 5.32 Å². The predicted octanol–water partition coefficient (Wildman–Crippen LogP) is 1.03. The van der Waals surface area contributed by atoms with Crippen molar-refractivity contribution >= 4 is 23.6 Å². The number of benzene rings is 1. The smallest absolute Gasteiger partial charge is 0.329 e. The molecule has 0 aliphatic carbocycles. The van der Waals surface area contributed by atoms with Crippen molar-refractivity contribution in [1.82, 2.24) is 5.32 Å². The number of carboxylic acid groups (broad SMARTS) is 1. The van der Waals surface area contributed by atoms with Gasteiger partial charge in [-0.25, -0.2) is 4.79 Å². The van der Waals surface area contributed by atoms with Gasteiger partial charge in [-0.3, -0.25) is 4.79 Å². The highest BCUT2D eigenvalue weighted by Gasteiger charge is 2.28. The van der Waals surface area contributed by atoms with E-state index in [-0.39, 0.29) is 0 Å². The summed E-state index contributed by atoms with van der Waals surface area (Å²) in [6.45, 7) is 1.21. The van der Waals surface area contributed by atoms with E-state index in [9.17, 15) is 14.7 Å². The quantitative estimate of drug-likeness (QED) is 0.695. The summed E-state index contributed by atoms with van der Waals surface area (Å²) in [4.78, 5) is 22.9. The summed E-state index contributed by atoms with van der Waals surface area (Å²) in [5.41, 5.74) is 0.453. The maximum atomic E-state index is 11.0. The maximum absolute atomic E-state index is 11.0. The molecule has 0 fully saturated rings. The van der Waals surface area contributed by atoms with E-state index in [0.29, 0.717) is 5.56 Å². The number of hydrogen-bond donors (Lipinski definition) is 3. The zero-order chi connectivity index (χ0) is 13.7. The Balaban J connectivity index is 2.90. The summed E-state index contributed by atoms with van der Waals surface area (Å²) in [5.74, 6) is -1.77. The first-order chi connectivity index (χ1) is 8.45. The third-order valence-electron chi connectivity index (χ3n) is 2.40. The highest BCUT2D eigenvalue weighted by Crippen LogP contribution is 2.21. The van der Waals surface area contributed by atoms with Crippen LogP contribution < -0.4 is 5.32 Å². The van der Waals surface area contributed by atoms with Gasteiger partial charge in [0.25, 0.3) is 0 Å². The molecule has 1 aromatic rings. The van der Waals surface area contributed by atoms with Gasteiger partial charge in [-0.2, -0.15) is 0 Å². The summed E-state index contributed by atoms with van der Waals surface area (Å²) in [6.07, 6.45) is 0.644. The molecule has 6 heteroatoms. The van der Waals surface area contributed by atoms with E-state index in [0.717, 1.165) is 4.90 Å². The van der Waals surface area contributed by atoms with Gasteiger partial charge < -0.3 is 15.5 Å². The van der Waals surface area contributed by atoms with Gasteiger partial charge in [-0.15, -0.1) is 11.8 Å². The van der Waals surface area contributed by atoms with Gasteiger partial charge in [0.1, 0.15) is 6.10 Å². The first-order valence-electron chi connectivity index (χ1n) is 5.27. The molecule has 1 amide bonds. The van der Waals surface area contributed by atoms with Gasteiger partial charge in [0.15, 0.2) is 6.04 Å². The van der Waals surface area contributed by atoms with Gasteiger partial charge in [0.05, 0.1) is 0 Å². The topological polar surface area (TPSA) is 86.6 Å². The van der Waals surface area contributed by atoms with E-state index in [1.54, 1.807) is 36.0 Å². The monoisotopic (exact) mass is 269 g/mol. The Labute approximate surface area is 109 Å². The molecule has 0 radical (unpaired) electrons. The number of rotatable bonds is 5. The van der Waals surface area contributed by atoms with Gasteiger partial charge in [-0.05, 0) is 24.0 Å². The lowest BCUT2D eigenvalue weighted by Crippen LogP contribution is -2.44. The van der Waals surface area contributed by atoms with Crippen LogP contribution in [0.3, 0.4) is 0 Å². The van der Waals surface area contributed by atoms with Crippen molar-refractivity contribution in [2.45, 2.75) is 24.0 Å². The molecule has 0 saturated carbocycles. The minimum absolute atomic E-state index is 0.453. The van der Waals surface area contributed by atoms with Crippen LogP contribution in [0.5, 0.6) is 0 Å². The largest absolute Gasteiger partial charge is 0.480 e. The zero-order valence-corrected chi connectivity index (χ0v) is 10.9. The van der Waals surface area contributed by atoms with Crippen LogP contribution in [0.2, 0.25) is 0 Å². The standard InChI is InChI=1S/C12H15NO4S/c1-7(14)13-10(12(16)17)11(15)8-3-5-9(18-2)6-4-8/h3-6,10-11,15H,1-2H3,(H,13,14)(H,16,17)/t10-,11+/m1/s1. The fourth-order valence-corrected chi connectivity index (χ4v) is 1.90. The Morgan fingerprint density at radius 3 is 2.22 bits per heavy atom. The molecule has 0 aliphatic heterocycles. The second kappa shape index (κ2) is 6.42. The fourth-order valence-electron chi connectivity index (χ4n) is 1.49. The highest BCUT2D eigenvalue weighted by atomic mass is 32.2. The number of aliphatic hydroxyl groups is 1. The average molecular weight is 269 g/mol. The summed E-state index contributed by atoms with van der Waals surface area (Å²) < 4.78 is 0. The van der Waals surface area contributed by atoms with Crippen LogP contribution in [0.25, 0.3) is 0 Å². The van der Waals surface area contributed by atoms with Crippen LogP contribution in [0.4, 0.5) is 0 Å². The summed E-state index contributed by atoms with van der Waals surface area (Å²) in [7, 11) is 0. The number of hydrogen-bond acceptors (Lipinski definition) is 4. The number of nitrogens with one attached hydrogen (secondary N) is 1. The first-order valence-corrected chi connectivity index (χ1v) is 6.50. The molecular formula is C12H15NO4S. The van der Waals surface area contributed by atoms with Crippen molar-refractivity contribution < 1.29 is 19.8 Å². The molecule has 0 saturated heterocycles. The van der Waals surface area contributed by atoms with E-state index < -0.39 is 24.0 Å². The molecule has 0 bridgehead atoms. The SMILES string of the molecule is CSc1ccc([C@H](O)[C@@H](NC(C)=O)C(=O)O)cc1. The van der Waals surface area contributed by atoms with Crippen molar-refractivity contribution in [3.05, 3.63) is 29.8 Å². The van der Waals surface area contributed by atoms with Gasteiger partial charge in [-0.1, -0.05) is 12.1 Å². The van der Waals surface area contributed by atoms with Crippen molar-refractivity contribution in [2.24, 2.45) is 0 Å². The summed E-state index contributed by atoms with van der Waals surface area (Å²) >= 11 is 1.55. The second-order valence-corrected chi connectivity index (χ2v) is 4.61. The molecule has 0 aromatic heterocycles. The molecule has 18 heavy (non-hydrogen) atoms. The van der Waals surface area contributed by atoms with E-state index in [1.807, 2.05) is 6.26 Å². The fraction of sp³-hybridized carbons (Fsp3) is 0.333. The molecule has 1 rings (SSSR count).